The summed E-state index contributed by atoms with van der Waals surface area (Å²) in [5.74, 6) is 4.66. The van der Waals surface area contributed by atoms with Crippen LogP contribution in [0.4, 0.5) is 22.4 Å². The predicted octanol–water partition coefficient (Wildman–Crippen LogP) is 3.67. The molecule has 2 atom stereocenters. The second-order valence-electron chi connectivity index (χ2n) is 5.92. The minimum absolute atomic E-state index is 0.390. The molecule has 1 amide bonds. The smallest absolute Gasteiger partial charge is 0.411 e. The number of ether oxygens (including phenoxy) is 2. The van der Waals surface area contributed by atoms with Crippen LogP contribution in [0.1, 0.15) is 28.8 Å². The van der Waals surface area contributed by atoms with E-state index in [-0.39, 0.29) is 6.61 Å². The van der Waals surface area contributed by atoms with Gasteiger partial charge in [-0.1, -0.05) is 24.0 Å². The minimum atomic E-state index is -4.41. The molecule has 1 aliphatic rings. The second kappa shape index (κ2) is 8.27. The molecule has 0 bridgehead atoms. The fourth-order valence-electron chi connectivity index (χ4n) is 2.67. The van der Waals surface area contributed by atoms with Crippen LogP contribution in [0, 0.1) is 17.7 Å². The van der Waals surface area contributed by atoms with Crippen LogP contribution in [0.25, 0.3) is 0 Å². The van der Waals surface area contributed by atoms with Crippen molar-refractivity contribution in [3.63, 3.8) is 0 Å². The molecule has 1 N–H and O–H groups in total. The molecular weight excluding hydrogens is 380 g/mol. The van der Waals surface area contributed by atoms with Crippen molar-refractivity contribution in [3.05, 3.63) is 65.2 Å². The number of hydrogen-bond acceptors (Lipinski definition) is 4. The summed E-state index contributed by atoms with van der Waals surface area (Å²) in [6.07, 6.45) is -2.90. The van der Waals surface area contributed by atoms with Gasteiger partial charge in [0.05, 0.1) is 0 Å². The molecule has 3 rings (SSSR count). The van der Waals surface area contributed by atoms with Crippen LogP contribution in [0.2, 0.25) is 0 Å². The average molecular weight is 394 g/mol. The lowest BCUT2D eigenvalue weighted by Gasteiger charge is -2.17. The number of alkyl carbamates (subject to hydrolysis) is 1. The molecule has 1 fully saturated rings. The number of amides is 1. The van der Waals surface area contributed by atoms with Crippen LogP contribution < -0.4 is 5.32 Å². The number of carbonyl (C=O) groups excluding carboxylic acids is 1. The number of benzene rings is 1. The van der Waals surface area contributed by atoms with Crippen molar-refractivity contribution in [1.29, 1.82) is 0 Å². The number of pyridine rings is 1. The van der Waals surface area contributed by atoms with Crippen LogP contribution in [-0.2, 0) is 9.47 Å². The monoisotopic (exact) mass is 394 g/mol. The van der Waals surface area contributed by atoms with Crippen molar-refractivity contribution in [2.24, 2.45) is 0 Å². The van der Waals surface area contributed by atoms with Crippen LogP contribution in [0.5, 0.6) is 0 Å². The largest absolute Gasteiger partial charge is 0.439 e. The molecule has 28 heavy (non-hydrogen) atoms. The van der Waals surface area contributed by atoms with Gasteiger partial charge in [-0.3, -0.25) is 4.98 Å². The summed E-state index contributed by atoms with van der Waals surface area (Å²) in [5, 5.41) is 2.64. The topological polar surface area (TPSA) is 60.5 Å². The van der Waals surface area contributed by atoms with Gasteiger partial charge in [0.25, 0.3) is 0 Å². The van der Waals surface area contributed by atoms with Gasteiger partial charge in [-0.15, -0.1) is 0 Å². The van der Waals surface area contributed by atoms with Gasteiger partial charge in [0.2, 0.25) is 0 Å². The summed E-state index contributed by atoms with van der Waals surface area (Å²) in [6, 6.07) is 6.69. The van der Waals surface area contributed by atoms with E-state index in [0.717, 1.165) is 0 Å². The molecule has 0 radical (unpaired) electrons. The number of halogens is 4. The predicted molar refractivity (Wildman–Crippen MR) is 89.5 cm³/mol. The number of nitrogens with one attached hydrogen (secondary N) is 1. The minimum Gasteiger partial charge on any atom is -0.439 e. The molecule has 0 aliphatic carbocycles. The lowest BCUT2D eigenvalue weighted by molar-refractivity contribution is -0.170. The first-order valence-corrected chi connectivity index (χ1v) is 8.13. The maximum atomic E-state index is 13.5. The Bertz CT molecular complexity index is 921. The van der Waals surface area contributed by atoms with Gasteiger partial charge >= 0.3 is 12.3 Å². The Balaban J connectivity index is 1.74. The van der Waals surface area contributed by atoms with E-state index in [1.807, 2.05) is 0 Å². The summed E-state index contributed by atoms with van der Waals surface area (Å²) in [6.45, 7) is -1.76. The molecule has 1 aliphatic heterocycles. The second-order valence-corrected chi connectivity index (χ2v) is 5.92. The zero-order valence-corrected chi connectivity index (χ0v) is 14.3. The number of carbonyl (C=O) groups is 1. The maximum Gasteiger partial charge on any atom is 0.411 e. The van der Waals surface area contributed by atoms with Crippen LogP contribution in [0.15, 0.2) is 42.7 Å². The molecule has 1 aromatic carbocycles. The summed E-state index contributed by atoms with van der Waals surface area (Å²) in [7, 11) is 0. The quantitative estimate of drug-likeness (QED) is 0.488. The molecule has 146 valence electrons. The fourth-order valence-corrected chi connectivity index (χ4v) is 2.67. The average Bonchev–Trinajstić information content (AvgIpc) is 3.03. The van der Waals surface area contributed by atoms with Gasteiger partial charge in [-0.25, -0.2) is 9.18 Å². The Morgan fingerprint density at radius 2 is 2.04 bits per heavy atom. The third-order valence-corrected chi connectivity index (χ3v) is 3.78. The summed E-state index contributed by atoms with van der Waals surface area (Å²) >= 11 is 0. The van der Waals surface area contributed by atoms with Crippen molar-refractivity contribution in [2.75, 3.05) is 13.2 Å². The van der Waals surface area contributed by atoms with Crippen molar-refractivity contribution in [1.82, 2.24) is 10.3 Å². The molecule has 5 nitrogen and oxygen atoms in total. The number of hydrogen-bond donors (Lipinski definition) is 1. The van der Waals surface area contributed by atoms with Crippen LogP contribution >= 0.6 is 0 Å². The number of nitrogens with zero attached hydrogens (tertiary/aromatic N) is 1. The summed E-state index contributed by atoms with van der Waals surface area (Å²) < 4.78 is 59.2. The molecule has 2 aromatic rings. The normalized spacial score (nSPS) is 18.8. The third kappa shape index (κ3) is 5.20. The van der Waals surface area contributed by atoms with Gasteiger partial charge in [0.1, 0.15) is 25.1 Å². The lowest BCUT2D eigenvalue weighted by atomic mass is 9.97. The van der Waals surface area contributed by atoms with E-state index >= 15 is 0 Å². The highest BCUT2D eigenvalue weighted by atomic mass is 19.4. The highest BCUT2D eigenvalue weighted by Gasteiger charge is 2.36. The number of aromatic nitrogens is 1. The highest BCUT2D eigenvalue weighted by Crippen LogP contribution is 2.36. The zero-order chi connectivity index (χ0) is 20.1. The Labute approximate surface area is 157 Å². The number of cyclic esters (lactones) is 1. The summed E-state index contributed by atoms with van der Waals surface area (Å²) in [4.78, 5) is 15.8. The third-order valence-electron chi connectivity index (χ3n) is 3.78. The SMILES string of the molecule is O=C1N[C@H](c2cncc(C#CCOCC(F)(F)F)c2)[C@@H](c2cccc(F)c2)O1. The number of alkyl halides is 3. The molecule has 0 spiro atoms. The molecule has 0 saturated carbocycles. The van der Waals surface area contributed by atoms with E-state index in [1.54, 1.807) is 12.1 Å². The van der Waals surface area contributed by atoms with Gasteiger partial charge in [-0.2, -0.15) is 13.2 Å². The molecule has 1 aromatic heterocycles. The first-order valence-electron chi connectivity index (χ1n) is 8.13. The maximum absolute atomic E-state index is 13.5. The van der Waals surface area contributed by atoms with Crippen molar-refractivity contribution < 1.29 is 31.8 Å². The van der Waals surface area contributed by atoms with E-state index < -0.39 is 36.8 Å². The van der Waals surface area contributed by atoms with Crippen LogP contribution in [-0.4, -0.2) is 30.5 Å². The van der Waals surface area contributed by atoms with Crippen molar-refractivity contribution in [2.45, 2.75) is 18.3 Å². The molecule has 9 heteroatoms. The van der Waals surface area contributed by atoms with E-state index in [1.165, 1.54) is 30.6 Å². The van der Waals surface area contributed by atoms with Crippen molar-refractivity contribution >= 4 is 6.09 Å². The fraction of sp³-hybridized carbons (Fsp3) is 0.263. The Hall–Kier alpha value is -3.12. The van der Waals surface area contributed by atoms with E-state index in [0.29, 0.717) is 16.7 Å². The first-order chi connectivity index (χ1) is 13.3. The summed E-state index contributed by atoms with van der Waals surface area (Å²) in [5.41, 5.74) is 1.45. The Kier molecular flexibility index (Phi) is 5.80. The van der Waals surface area contributed by atoms with E-state index in [2.05, 4.69) is 26.9 Å². The Morgan fingerprint density at radius 1 is 1.21 bits per heavy atom. The molecule has 0 unspecified atom stereocenters. The Morgan fingerprint density at radius 3 is 2.79 bits per heavy atom. The van der Waals surface area contributed by atoms with E-state index in [9.17, 15) is 22.4 Å². The number of rotatable bonds is 4. The van der Waals surface area contributed by atoms with Crippen LogP contribution in [0.3, 0.4) is 0 Å². The standard InChI is InChI=1S/C19H14F4N2O3/c20-15-5-1-4-13(8-15)17-16(25-18(26)28-17)14-7-12(9-24-10-14)3-2-6-27-11-19(21,22)23/h1,4-5,7-10,16-17H,6,11H2,(H,25,26)/t16-,17-/m1/s1. The van der Waals surface area contributed by atoms with Gasteiger partial charge in [-0.05, 0) is 29.3 Å². The van der Waals surface area contributed by atoms with Gasteiger partial charge in [0, 0.05) is 18.0 Å². The molecule has 2 heterocycles. The van der Waals surface area contributed by atoms with E-state index in [4.69, 9.17) is 4.74 Å². The first kappa shape index (κ1) is 19.6. The van der Waals surface area contributed by atoms with Crippen molar-refractivity contribution in [3.8, 4) is 11.8 Å². The molecular formula is C19H14F4N2O3. The lowest BCUT2D eigenvalue weighted by Crippen LogP contribution is -2.20. The highest BCUT2D eigenvalue weighted by molar-refractivity contribution is 5.71. The molecule has 1 saturated heterocycles. The van der Waals surface area contributed by atoms with Gasteiger partial charge < -0.3 is 14.8 Å². The zero-order valence-electron chi connectivity index (χ0n) is 14.3. The van der Waals surface area contributed by atoms with Gasteiger partial charge in [0.15, 0.2) is 6.10 Å².